The highest BCUT2D eigenvalue weighted by molar-refractivity contribution is 7.14. The zero-order chi connectivity index (χ0) is 24.4. The van der Waals surface area contributed by atoms with Crippen LogP contribution < -0.4 is 10.4 Å². The molecule has 5 rings (SSSR count). The summed E-state index contributed by atoms with van der Waals surface area (Å²) in [6.07, 6.45) is 0.765. The molecule has 8 heteroatoms. The highest BCUT2D eigenvalue weighted by atomic mass is 32.1. The molecule has 0 atom stereocenters. The van der Waals surface area contributed by atoms with Gasteiger partial charge in [-0.25, -0.2) is 14.4 Å². The van der Waals surface area contributed by atoms with Gasteiger partial charge in [-0.1, -0.05) is 61.5 Å². The SMILES string of the molecule is CCC(=Nn1c(-c2cccs2)csc1=Nc1c(C)n(C)n(-c2ccccc2)c1=O)c1ccccc1. The van der Waals surface area contributed by atoms with Crippen LogP contribution in [-0.4, -0.2) is 19.8 Å². The summed E-state index contributed by atoms with van der Waals surface area (Å²) >= 11 is 3.14. The highest BCUT2D eigenvalue weighted by Gasteiger charge is 2.17. The standard InChI is InChI=1S/C27H25N5OS2/c1-4-22(20-12-7-5-8-13-20)29-31-23(24-16-11-17-34-24)18-35-27(31)28-25-19(2)30(3)32(26(25)33)21-14-9-6-10-15-21/h5-18H,4H2,1-3H3. The lowest BCUT2D eigenvalue weighted by Crippen LogP contribution is -2.20. The average Bonchev–Trinajstić information content (AvgIpc) is 3.60. The quantitative estimate of drug-likeness (QED) is 0.266. The number of hydrogen-bond donors (Lipinski definition) is 0. The van der Waals surface area contributed by atoms with Gasteiger partial charge in [-0.3, -0.25) is 9.48 Å². The molecule has 3 aromatic heterocycles. The van der Waals surface area contributed by atoms with Gasteiger partial charge in [0, 0.05) is 12.4 Å². The molecule has 35 heavy (non-hydrogen) atoms. The van der Waals surface area contributed by atoms with Crippen molar-refractivity contribution in [1.82, 2.24) is 14.0 Å². The second-order valence-electron chi connectivity index (χ2n) is 7.98. The first-order chi connectivity index (χ1) is 17.1. The van der Waals surface area contributed by atoms with Gasteiger partial charge in [0.2, 0.25) is 4.80 Å². The Bertz CT molecular complexity index is 1600. The van der Waals surface area contributed by atoms with E-state index < -0.39 is 0 Å². The molecule has 3 heterocycles. The van der Waals surface area contributed by atoms with E-state index in [2.05, 4.69) is 35.9 Å². The summed E-state index contributed by atoms with van der Waals surface area (Å²) in [4.78, 5) is 20.1. The normalized spacial score (nSPS) is 12.4. The Hall–Kier alpha value is -3.75. The van der Waals surface area contributed by atoms with Crippen molar-refractivity contribution in [2.24, 2.45) is 17.1 Å². The van der Waals surface area contributed by atoms with Crippen LogP contribution in [0.3, 0.4) is 0 Å². The van der Waals surface area contributed by atoms with Gasteiger partial charge in [0.05, 0.1) is 27.7 Å². The van der Waals surface area contributed by atoms with E-state index in [0.717, 1.165) is 39.6 Å². The first kappa shape index (κ1) is 23.0. The average molecular weight is 500 g/mol. The molecule has 0 N–H and O–H groups in total. The number of benzene rings is 2. The number of aromatic nitrogens is 3. The van der Waals surface area contributed by atoms with Gasteiger partial charge in [-0.05, 0) is 42.5 Å². The molecule has 0 aliphatic heterocycles. The molecule has 0 fully saturated rings. The lowest BCUT2D eigenvalue weighted by atomic mass is 10.1. The Morgan fingerprint density at radius 2 is 1.66 bits per heavy atom. The zero-order valence-corrected chi connectivity index (χ0v) is 21.4. The molecule has 176 valence electrons. The van der Waals surface area contributed by atoms with Crippen LogP contribution in [0.1, 0.15) is 24.6 Å². The van der Waals surface area contributed by atoms with E-state index in [1.54, 1.807) is 16.0 Å². The Morgan fingerprint density at radius 3 is 2.31 bits per heavy atom. The number of para-hydroxylation sites is 1. The number of hydrogen-bond acceptors (Lipinski definition) is 5. The molecular formula is C27H25N5OS2. The summed E-state index contributed by atoms with van der Waals surface area (Å²) in [7, 11) is 1.88. The second-order valence-corrected chi connectivity index (χ2v) is 9.77. The molecule has 0 radical (unpaired) electrons. The van der Waals surface area contributed by atoms with Crippen molar-refractivity contribution >= 4 is 34.1 Å². The van der Waals surface area contributed by atoms with Gasteiger partial charge in [0.1, 0.15) is 0 Å². The maximum Gasteiger partial charge on any atom is 0.297 e. The van der Waals surface area contributed by atoms with Crippen molar-refractivity contribution in [3.63, 3.8) is 0 Å². The number of rotatable bonds is 6. The minimum Gasteiger partial charge on any atom is -0.283 e. The Morgan fingerprint density at radius 1 is 0.943 bits per heavy atom. The van der Waals surface area contributed by atoms with Gasteiger partial charge < -0.3 is 0 Å². The first-order valence-electron chi connectivity index (χ1n) is 11.3. The van der Waals surface area contributed by atoms with E-state index in [0.29, 0.717) is 10.5 Å². The zero-order valence-electron chi connectivity index (χ0n) is 19.8. The summed E-state index contributed by atoms with van der Waals surface area (Å²) in [5, 5.41) is 9.15. The van der Waals surface area contributed by atoms with Crippen molar-refractivity contribution in [1.29, 1.82) is 0 Å². The first-order valence-corrected chi connectivity index (χ1v) is 13.1. The summed E-state index contributed by atoms with van der Waals surface area (Å²) in [5.74, 6) is 0. The number of nitrogens with zero attached hydrogens (tertiary/aromatic N) is 5. The summed E-state index contributed by atoms with van der Waals surface area (Å²) in [6.45, 7) is 4.02. The Labute approximate surface area is 211 Å². The topological polar surface area (TPSA) is 56.6 Å². The molecule has 0 amide bonds. The molecule has 5 aromatic rings. The van der Waals surface area contributed by atoms with Crippen molar-refractivity contribution in [3.05, 3.63) is 110 Å². The highest BCUT2D eigenvalue weighted by Crippen LogP contribution is 2.26. The molecule has 6 nitrogen and oxygen atoms in total. The van der Waals surface area contributed by atoms with Crippen molar-refractivity contribution in [3.8, 4) is 16.3 Å². The third-order valence-electron chi connectivity index (χ3n) is 5.85. The van der Waals surface area contributed by atoms with Crippen LogP contribution in [0.25, 0.3) is 16.3 Å². The van der Waals surface area contributed by atoms with Crippen molar-refractivity contribution in [2.75, 3.05) is 0 Å². The van der Waals surface area contributed by atoms with Gasteiger partial charge in [0.25, 0.3) is 5.56 Å². The maximum atomic E-state index is 13.5. The molecule has 0 bridgehead atoms. The van der Waals surface area contributed by atoms with E-state index in [1.807, 2.05) is 77.9 Å². The smallest absolute Gasteiger partial charge is 0.283 e. The van der Waals surface area contributed by atoms with Crippen LogP contribution >= 0.6 is 22.7 Å². The van der Waals surface area contributed by atoms with Gasteiger partial charge in [-0.2, -0.15) is 5.10 Å². The van der Waals surface area contributed by atoms with Crippen LogP contribution in [0.4, 0.5) is 5.69 Å². The summed E-state index contributed by atoms with van der Waals surface area (Å²) in [5.41, 5.74) is 4.84. The monoisotopic (exact) mass is 499 g/mol. The fourth-order valence-electron chi connectivity index (χ4n) is 3.93. The van der Waals surface area contributed by atoms with E-state index in [1.165, 1.54) is 11.3 Å². The molecule has 0 aliphatic carbocycles. The van der Waals surface area contributed by atoms with Crippen LogP contribution in [0, 0.1) is 6.92 Å². The Kier molecular flexibility index (Phi) is 6.48. The molecule has 0 spiro atoms. The third-order valence-corrected chi connectivity index (χ3v) is 7.56. The fourth-order valence-corrected chi connectivity index (χ4v) is 5.56. The molecule has 0 unspecified atom stereocenters. The molecule has 0 saturated heterocycles. The van der Waals surface area contributed by atoms with Gasteiger partial charge in [-0.15, -0.1) is 22.7 Å². The van der Waals surface area contributed by atoms with Crippen LogP contribution in [0.5, 0.6) is 0 Å². The van der Waals surface area contributed by atoms with Crippen molar-refractivity contribution in [2.45, 2.75) is 20.3 Å². The summed E-state index contributed by atoms with van der Waals surface area (Å²) in [6, 6.07) is 23.9. The molecule has 0 aliphatic rings. The Balaban J connectivity index is 1.73. The number of thiazole rings is 1. The predicted molar refractivity (Wildman–Crippen MR) is 145 cm³/mol. The third kappa shape index (κ3) is 4.38. The largest absolute Gasteiger partial charge is 0.297 e. The minimum atomic E-state index is -0.156. The van der Waals surface area contributed by atoms with E-state index in [4.69, 9.17) is 10.1 Å². The second kappa shape index (κ2) is 9.85. The number of thiophene rings is 1. The van der Waals surface area contributed by atoms with Crippen LogP contribution in [-0.2, 0) is 7.05 Å². The molecular weight excluding hydrogens is 474 g/mol. The molecule has 0 saturated carbocycles. The van der Waals surface area contributed by atoms with Crippen LogP contribution in [0.2, 0.25) is 0 Å². The lowest BCUT2D eigenvalue weighted by Gasteiger charge is -2.07. The van der Waals surface area contributed by atoms with Crippen molar-refractivity contribution < 1.29 is 0 Å². The predicted octanol–water partition coefficient (Wildman–Crippen LogP) is 5.97. The lowest BCUT2D eigenvalue weighted by molar-refractivity contribution is 0.630. The van der Waals surface area contributed by atoms with E-state index >= 15 is 0 Å². The van der Waals surface area contributed by atoms with Crippen LogP contribution in [0.15, 0.2) is 98.4 Å². The fraction of sp³-hybridized carbons (Fsp3) is 0.148. The molecule has 2 aromatic carbocycles. The van der Waals surface area contributed by atoms with Gasteiger partial charge >= 0.3 is 0 Å². The van der Waals surface area contributed by atoms with Gasteiger partial charge in [0.15, 0.2) is 5.69 Å². The summed E-state index contributed by atoms with van der Waals surface area (Å²) < 4.78 is 5.37. The van der Waals surface area contributed by atoms with E-state index in [9.17, 15) is 4.79 Å². The minimum absolute atomic E-state index is 0.156. The van der Waals surface area contributed by atoms with E-state index in [-0.39, 0.29) is 5.56 Å². The maximum absolute atomic E-state index is 13.5.